The Hall–Kier alpha value is -3.53. The second-order valence-electron chi connectivity index (χ2n) is 22.7. The second kappa shape index (κ2) is 59.6. The Labute approximate surface area is 480 Å². The number of carboxylic acids is 1. The number of quaternary nitrogens is 1. The van der Waals surface area contributed by atoms with Crippen LogP contribution in [0.15, 0.2) is 85.1 Å². The zero-order valence-corrected chi connectivity index (χ0v) is 51.3. The lowest BCUT2D eigenvalue weighted by Crippen LogP contribution is -2.40. The van der Waals surface area contributed by atoms with Gasteiger partial charge in [-0.05, 0) is 89.9 Å². The van der Waals surface area contributed by atoms with Gasteiger partial charge in [-0.15, -0.1) is 0 Å². The molecule has 0 aliphatic rings. The minimum Gasteiger partial charge on any atom is -0.477 e. The number of rotatable bonds is 59. The van der Waals surface area contributed by atoms with E-state index in [-0.39, 0.29) is 32.2 Å². The Morgan fingerprint density at radius 3 is 1.09 bits per heavy atom. The van der Waals surface area contributed by atoms with Gasteiger partial charge in [0.25, 0.3) is 6.29 Å². The summed E-state index contributed by atoms with van der Waals surface area (Å²) >= 11 is 0. The van der Waals surface area contributed by atoms with Crippen molar-refractivity contribution in [2.24, 2.45) is 0 Å². The summed E-state index contributed by atoms with van der Waals surface area (Å²) in [5.41, 5.74) is 0. The van der Waals surface area contributed by atoms with Gasteiger partial charge in [0.2, 0.25) is 0 Å². The van der Waals surface area contributed by atoms with E-state index in [2.05, 4.69) is 98.9 Å². The van der Waals surface area contributed by atoms with Gasteiger partial charge in [-0.3, -0.25) is 9.59 Å². The molecule has 0 amide bonds. The number of hydrogen-bond acceptors (Lipinski definition) is 7. The lowest BCUT2D eigenvalue weighted by molar-refractivity contribution is -0.870. The van der Waals surface area contributed by atoms with Gasteiger partial charge in [0.15, 0.2) is 6.10 Å². The van der Waals surface area contributed by atoms with Crippen LogP contribution in [0.3, 0.4) is 0 Å². The number of allylic oxidation sites excluding steroid dienone is 14. The molecule has 0 rings (SSSR count). The molecule has 9 nitrogen and oxygen atoms in total. The standard InChI is InChI=1S/C69H121NO8/c1-6-8-10-12-14-16-18-20-22-24-26-27-28-29-30-31-32-33-34-35-36-37-38-39-40-41-42-44-46-48-50-52-54-56-58-60-67(72)78-65(64-77-69(68(73)74)75-62-61-70(3,4)5)63-76-66(71)59-57-55-53-51-49-47-45-43-25-23-21-19-17-15-13-11-9-7-2/h8,10,14,16-17,19-20,22-23,25-27,29-30,65,69H,6-7,9,11-13,15,18,21,24,28,31-64H2,1-5H3/p+1/b10-8-,16-14-,19-17-,22-20-,25-23-,27-26-,30-29-. The van der Waals surface area contributed by atoms with Gasteiger partial charge in [0.1, 0.15) is 13.2 Å². The molecule has 0 bridgehead atoms. The van der Waals surface area contributed by atoms with Crippen molar-refractivity contribution >= 4 is 17.9 Å². The molecule has 0 fully saturated rings. The Balaban J connectivity index is 4.09. The van der Waals surface area contributed by atoms with Gasteiger partial charge in [-0.25, -0.2) is 4.79 Å². The molecule has 0 heterocycles. The normalized spacial score (nSPS) is 13.3. The van der Waals surface area contributed by atoms with Crippen LogP contribution in [0.1, 0.15) is 277 Å². The number of likely N-dealkylation sites (N-methyl/N-ethyl adjacent to an activating group) is 1. The molecule has 0 aliphatic carbocycles. The summed E-state index contributed by atoms with van der Waals surface area (Å²) in [6.45, 7) is 4.76. The molecule has 0 aromatic carbocycles. The number of esters is 2. The first-order valence-corrected chi connectivity index (χ1v) is 32.3. The molecule has 0 saturated heterocycles. The Morgan fingerprint density at radius 1 is 0.397 bits per heavy atom. The van der Waals surface area contributed by atoms with Gasteiger partial charge >= 0.3 is 17.9 Å². The average Bonchev–Trinajstić information content (AvgIpc) is 3.41. The molecule has 2 unspecified atom stereocenters. The summed E-state index contributed by atoms with van der Waals surface area (Å²) in [6, 6.07) is 0. The first kappa shape index (κ1) is 74.5. The van der Waals surface area contributed by atoms with Crippen molar-refractivity contribution in [2.45, 2.75) is 289 Å². The predicted molar refractivity (Wildman–Crippen MR) is 332 cm³/mol. The molecule has 0 aliphatic heterocycles. The predicted octanol–water partition coefficient (Wildman–Crippen LogP) is 19.5. The summed E-state index contributed by atoms with van der Waals surface area (Å²) in [7, 11) is 5.97. The summed E-state index contributed by atoms with van der Waals surface area (Å²) in [4.78, 5) is 37.5. The molecule has 450 valence electrons. The maximum Gasteiger partial charge on any atom is 0.361 e. The highest BCUT2D eigenvalue weighted by Crippen LogP contribution is 2.17. The van der Waals surface area contributed by atoms with E-state index in [9.17, 15) is 19.5 Å². The Bertz CT molecular complexity index is 1550. The number of hydrogen-bond donors (Lipinski definition) is 1. The van der Waals surface area contributed by atoms with Crippen LogP contribution >= 0.6 is 0 Å². The van der Waals surface area contributed by atoms with E-state index < -0.39 is 24.3 Å². The number of unbranched alkanes of at least 4 members (excludes halogenated alkanes) is 30. The number of carbonyl (C=O) groups excluding carboxylic acids is 2. The smallest absolute Gasteiger partial charge is 0.361 e. The van der Waals surface area contributed by atoms with E-state index in [1.807, 2.05) is 21.1 Å². The molecule has 0 spiro atoms. The minimum atomic E-state index is -1.51. The van der Waals surface area contributed by atoms with Gasteiger partial charge in [-0.2, -0.15) is 0 Å². The molecule has 0 aromatic heterocycles. The van der Waals surface area contributed by atoms with Crippen LogP contribution in [-0.2, 0) is 33.3 Å². The van der Waals surface area contributed by atoms with E-state index in [0.717, 1.165) is 89.9 Å². The van der Waals surface area contributed by atoms with Crippen LogP contribution in [-0.4, -0.2) is 87.4 Å². The summed E-state index contributed by atoms with van der Waals surface area (Å²) < 4.78 is 22.9. The number of aliphatic carboxylic acids is 1. The number of carbonyl (C=O) groups is 3. The van der Waals surface area contributed by atoms with E-state index >= 15 is 0 Å². The number of carboxylic acid groups (broad SMARTS) is 1. The van der Waals surface area contributed by atoms with Gasteiger partial charge in [0.05, 0.1) is 34.4 Å². The zero-order valence-electron chi connectivity index (χ0n) is 51.3. The van der Waals surface area contributed by atoms with Crippen LogP contribution in [0.5, 0.6) is 0 Å². The fourth-order valence-electron chi connectivity index (χ4n) is 8.95. The second-order valence-corrected chi connectivity index (χ2v) is 22.7. The lowest BCUT2D eigenvalue weighted by atomic mass is 10.0. The topological polar surface area (TPSA) is 108 Å². The SMILES string of the molecule is CC/C=C\C/C=C\C/C=C\C/C=C\C/C=C\CCCCCCCCCCCCCCCCCCCCCC(=O)OC(COC(=O)CCCCCCCCC/C=C\C/C=C\CCCCCC)COC(OCC[N+](C)(C)C)C(=O)O. The third-order valence-corrected chi connectivity index (χ3v) is 13.9. The molecular formula is C69H122NO8+. The maximum absolute atomic E-state index is 12.9. The van der Waals surface area contributed by atoms with Crippen molar-refractivity contribution < 1.29 is 42.9 Å². The quantitative estimate of drug-likeness (QED) is 0.0211. The van der Waals surface area contributed by atoms with Crippen LogP contribution < -0.4 is 0 Å². The van der Waals surface area contributed by atoms with Crippen LogP contribution in [0.4, 0.5) is 0 Å². The molecule has 0 radical (unpaired) electrons. The third-order valence-electron chi connectivity index (χ3n) is 13.9. The number of ether oxygens (including phenoxy) is 4. The minimum absolute atomic E-state index is 0.185. The summed E-state index contributed by atoms with van der Waals surface area (Å²) in [5.74, 6) is -2.01. The first-order chi connectivity index (χ1) is 38.1. The Morgan fingerprint density at radius 2 is 0.731 bits per heavy atom. The summed E-state index contributed by atoms with van der Waals surface area (Å²) in [6.07, 6.45) is 76.8. The van der Waals surface area contributed by atoms with Crippen molar-refractivity contribution in [3.05, 3.63) is 85.1 Å². The lowest BCUT2D eigenvalue weighted by Gasteiger charge is -2.25. The van der Waals surface area contributed by atoms with Crippen LogP contribution in [0.2, 0.25) is 0 Å². The van der Waals surface area contributed by atoms with E-state index in [1.54, 1.807) is 0 Å². The van der Waals surface area contributed by atoms with Crippen molar-refractivity contribution in [2.75, 3.05) is 47.5 Å². The average molecular weight is 1090 g/mol. The fourth-order valence-corrected chi connectivity index (χ4v) is 8.95. The monoisotopic (exact) mass is 1090 g/mol. The summed E-state index contributed by atoms with van der Waals surface area (Å²) in [5, 5.41) is 9.72. The maximum atomic E-state index is 12.9. The van der Waals surface area contributed by atoms with Crippen molar-refractivity contribution in [1.29, 1.82) is 0 Å². The molecule has 78 heavy (non-hydrogen) atoms. The highest BCUT2D eigenvalue weighted by Gasteiger charge is 2.25. The molecule has 0 saturated carbocycles. The molecular weight excluding hydrogens is 971 g/mol. The van der Waals surface area contributed by atoms with E-state index in [1.165, 1.54) is 161 Å². The highest BCUT2D eigenvalue weighted by atomic mass is 16.7. The highest BCUT2D eigenvalue weighted by molar-refractivity contribution is 5.71. The van der Waals surface area contributed by atoms with Gasteiger partial charge < -0.3 is 28.5 Å². The van der Waals surface area contributed by atoms with E-state index in [0.29, 0.717) is 17.4 Å². The third kappa shape index (κ3) is 60.1. The van der Waals surface area contributed by atoms with Crippen LogP contribution in [0.25, 0.3) is 0 Å². The molecule has 9 heteroatoms. The van der Waals surface area contributed by atoms with Crippen molar-refractivity contribution in [3.63, 3.8) is 0 Å². The van der Waals surface area contributed by atoms with Crippen molar-refractivity contribution in [3.8, 4) is 0 Å². The van der Waals surface area contributed by atoms with Gasteiger partial charge in [0, 0.05) is 12.8 Å². The van der Waals surface area contributed by atoms with E-state index in [4.69, 9.17) is 18.9 Å². The van der Waals surface area contributed by atoms with Gasteiger partial charge in [-0.1, -0.05) is 259 Å². The Kier molecular flexibility index (Phi) is 56.9. The molecule has 0 aromatic rings. The fraction of sp³-hybridized carbons (Fsp3) is 0.754. The molecule has 1 N–H and O–H groups in total. The van der Waals surface area contributed by atoms with Crippen LogP contribution in [0, 0.1) is 0 Å². The van der Waals surface area contributed by atoms with Crippen molar-refractivity contribution in [1.82, 2.24) is 0 Å². The number of nitrogens with zero attached hydrogens (tertiary/aromatic N) is 1. The first-order valence-electron chi connectivity index (χ1n) is 32.3. The molecule has 2 atom stereocenters. The largest absolute Gasteiger partial charge is 0.477 e. The zero-order chi connectivity index (χ0) is 56.9.